The first-order valence-electron chi connectivity index (χ1n) is 14.2. The van der Waals surface area contributed by atoms with Crippen molar-refractivity contribution in [2.75, 3.05) is 13.2 Å². The number of rotatable bonds is 11. The maximum atomic E-state index is 12.9. The Morgan fingerprint density at radius 1 is 0.587 bits per heavy atom. The molecule has 12 heteroatoms. The number of thiocarbonyl (C=S) groups is 2. The Kier molecular flexibility index (Phi) is 10.2. The number of amides is 2. The predicted molar refractivity (Wildman–Crippen MR) is 190 cm³/mol. The molecule has 0 bridgehead atoms. The van der Waals surface area contributed by atoms with E-state index in [-0.39, 0.29) is 11.8 Å². The first-order valence-corrected chi connectivity index (χ1v) is 16.6. The highest BCUT2D eigenvalue weighted by atomic mass is 32.2. The Morgan fingerprint density at radius 3 is 1.33 bits per heavy atom. The van der Waals surface area contributed by atoms with Gasteiger partial charge in [-0.15, -0.1) is 0 Å². The third-order valence-electron chi connectivity index (χ3n) is 6.90. The van der Waals surface area contributed by atoms with Crippen LogP contribution in [0.3, 0.4) is 0 Å². The molecule has 230 valence electrons. The summed E-state index contributed by atoms with van der Waals surface area (Å²) in [7, 11) is 0. The molecular weight excluding hydrogens is 657 g/mol. The molecular formula is C34H26N4O4S4. The molecule has 0 atom stereocenters. The summed E-state index contributed by atoms with van der Waals surface area (Å²) >= 11 is 13.5. The van der Waals surface area contributed by atoms with E-state index < -0.39 is 0 Å². The van der Waals surface area contributed by atoms with Crippen LogP contribution in [0.5, 0.6) is 11.5 Å². The number of nitrogens with zero attached hydrogens (tertiary/aromatic N) is 4. The standard InChI is InChI=1S/C34H26N4O4S4/c39-31-29(45-33(43)37(31)21-25-9-13-35-14-10-25)19-23-1-5-27(6-2-23)41-17-18-42-28-7-3-24(4-8-28)20-30-32(40)38(34(44)46-30)22-26-11-15-36-16-12-26/h1-16,19-20H,17-18,21-22H2/b29-19-,30-20-. The number of pyridine rings is 2. The minimum absolute atomic E-state index is 0.104. The third kappa shape index (κ3) is 7.88. The van der Waals surface area contributed by atoms with E-state index in [9.17, 15) is 9.59 Å². The van der Waals surface area contributed by atoms with Gasteiger partial charge in [0.25, 0.3) is 11.8 Å². The number of hydrogen-bond acceptors (Lipinski definition) is 10. The summed E-state index contributed by atoms with van der Waals surface area (Å²) < 4.78 is 12.8. The molecule has 2 fully saturated rings. The highest BCUT2D eigenvalue weighted by Crippen LogP contribution is 2.35. The molecule has 2 aliphatic heterocycles. The zero-order valence-electron chi connectivity index (χ0n) is 24.3. The van der Waals surface area contributed by atoms with Gasteiger partial charge in [-0.3, -0.25) is 29.4 Å². The Labute approximate surface area is 285 Å². The highest BCUT2D eigenvalue weighted by molar-refractivity contribution is 8.27. The molecule has 2 aliphatic rings. The molecule has 8 nitrogen and oxygen atoms in total. The van der Waals surface area contributed by atoms with Gasteiger partial charge < -0.3 is 9.47 Å². The molecule has 0 aliphatic carbocycles. The van der Waals surface area contributed by atoms with Crippen molar-refractivity contribution in [1.82, 2.24) is 19.8 Å². The summed E-state index contributed by atoms with van der Waals surface area (Å²) in [4.78, 5) is 38.3. The Balaban J connectivity index is 0.958. The summed E-state index contributed by atoms with van der Waals surface area (Å²) in [6.45, 7) is 1.55. The normalized spacial score (nSPS) is 16.6. The number of thioether (sulfide) groups is 2. The van der Waals surface area contributed by atoms with E-state index in [1.807, 2.05) is 84.9 Å². The van der Waals surface area contributed by atoms with Crippen LogP contribution < -0.4 is 9.47 Å². The minimum atomic E-state index is -0.104. The first-order chi connectivity index (χ1) is 22.4. The number of hydrogen-bond donors (Lipinski definition) is 0. The van der Waals surface area contributed by atoms with Crippen molar-refractivity contribution in [2.45, 2.75) is 13.1 Å². The van der Waals surface area contributed by atoms with Crippen molar-refractivity contribution in [2.24, 2.45) is 0 Å². The van der Waals surface area contributed by atoms with Gasteiger partial charge in [-0.25, -0.2) is 0 Å². The van der Waals surface area contributed by atoms with Crippen LogP contribution in [0.25, 0.3) is 12.2 Å². The number of aromatic nitrogens is 2. The van der Waals surface area contributed by atoms with Gasteiger partial charge in [-0.05, 0) is 82.9 Å². The molecule has 4 aromatic rings. The van der Waals surface area contributed by atoms with Crippen molar-refractivity contribution in [3.8, 4) is 11.5 Å². The second-order valence-corrected chi connectivity index (χ2v) is 13.4. The van der Waals surface area contributed by atoms with Crippen LogP contribution in [0.4, 0.5) is 0 Å². The van der Waals surface area contributed by atoms with Gasteiger partial charge in [0.1, 0.15) is 33.4 Å². The topological polar surface area (TPSA) is 84.9 Å². The van der Waals surface area contributed by atoms with E-state index in [1.165, 1.54) is 23.5 Å². The van der Waals surface area contributed by atoms with Crippen LogP contribution in [0.2, 0.25) is 0 Å². The summed E-state index contributed by atoms with van der Waals surface area (Å²) in [5.74, 6) is 1.19. The fourth-order valence-corrected chi connectivity index (χ4v) is 7.07. The lowest BCUT2D eigenvalue weighted by molar-refractivity contribution is -0.123. The van der Waals surface area contributed by atoms with Gasteiger partial charge in [0.05, 0.1) is 22.9 Å². The molecule has 2 amide bonds. The van der Waals surface area contributed by atoms with Crippen molar-refractivity contribution in [3.05, 3.63) is 130 Å². The molecule has 0 spiro atoms. The van der Waals surface area contributed by atoms with E-state index in [1.54, 1.807) is 34.6 Å². The van der Waals surface area contributed by atoms with Gasteiger partial charge in [-0.2, -0.15) is 0 Å². The summed E-state index contributed by atoms with van der Waals surface area (Å²) in [5.41, 5.74) is 3.70. The fourth-order valence-electron chi connectivity index (χ4n) is 4.56. The molecule has 0 radical (unpaired) electrons. The number of benzene rings is 2. The Hall–Kier alpha value is -4.36. The maximum Gasteiger partial charge on any atom is 0.266 e. The van der Waals surface area contributed by atoms with Gasteiger partial charge in [0, 0.05) is 24.8 Å². The van der Waals surface area contributed by atoms with E-state index in [4.69, 9.17) is 33.9 Å². The van der Waals surface area contributed by atoms with E-state index >= 15 is 0 Å². The molecule has 2 aromatic heterocycles. The summed E-state index contributed by atoms with van der Waals surface area (Å²) in [6.07, 6.45) is 10.5. The van der Waals surface area contributed by atoms with Crippen LogP contribution in [0.15, 0.2) is 107 Å². The Bertz CT molecular complexity index is 1680. The lowest BCUT2D eigenvalue weighted by atomic mass is 10.2. The second-order valence-electron chi connectivity index (χ2n) is 10.1. The van der Waals surface area contributed by atoms with Crippen LogP contribution in [-0.4, -0.2) is 53.4 Å². The maximum absolute atomic E-state index is 12.9. The Morgan fingerprint density at radius 2 is 0.957 bits per heavy atom. The van der Waals surface area contributed by atoms with Gasteiger partial charge in [0.2, 0.25) is 0 Å². The molecule has 46 heavy (non-hydrogen) atoms. The van der Waals surface area contributed by atoms with Gasteiger partial charge >= 0.3 is 0 Å². The van der Waals surface area contributed by atoms with Gasteiger partial charge in [0.15, 0.2) is 0 Å². The summed E-state index contributed by atoms with van der Waals surface area (Å²) in [6, 6.07) is 22.5. The highest BCUT2D eigenvalue weighted by Gasteiger charge is 2.33. The quantitative estimate of drug-likeness (QED) is 0.0964. The minimum Gasteiger partial charge on any atom is -0.490 e. The van der Waals surface area contributed by atoms with E-state index in [0.29, 0.717) is 56.3 Å². The fraction of sp³-hybridized carbons (Fsp3) is 0.118. The van der Waals surface area contributed by atoms with Crippen LogP contribution in [-0.2, 0) is 22.7 Å². The van der Waals surface area contributed by atoms with Gasteiger partial charge in [-0.1, -0.05) is 72.2 Å². The number of carbonyl (C=O) groups is 2. The zero-order chi connectivity index (χ0) is 31.9. The molecule has 2 saturated heterocycles. The molecule has 0 unspecified atom stereocenters. The largest absolute Gasteiger partial charge is 0.490 e. The summed E-state index contributed by atoms with van der Waals surface area (Å²) in [5, 5.41) is 0. The molecule has 0 saturated carbocycles. The van der Waals surface area contributed by atoms with Crippen LogP contribution in [0.1, 0.15) is 22.3 Å². The van der Waals surface area contributed by atoms with Crippen molar-refractivity contribution >= 4 is 80.6 Å². The lowest BCUT2D eigenvalue weighted by Gasteiger charge is -2.14. The van der Waals surface area contributed by atoms with Crippen molar-refractivity contribution < 1.29 is 19.1 Å². The van der Waals surface area contributed by atoms with E-state index in [2.05, 4.69) is 9.97 Å². The predicted octanol–water partition coefficient (Wildman–Crippen LogP) is 6.74. The van der Waals surface area contributed by atoms with Crippen LogP contribution in [0, 0.1) is 0 Å². The van der Waals surface area contributed by atoms with E-state index in [0.717, 1.165) is 22.3 Å². The number of carbonyl (C=O) groups excluding carboxylic acids is 2. The molecule has 6 rings (SSSR count). The number of ether oxygens (including phenoxy) is 2. The molecule has 4 heterocycles. The van der Waals surface area contributed by atoms with Crippen molar-refractivity contribution in [1.29, 1.82) is 0 Å². The third-order valence-corrected chi connectivity index (χ3v) is 9.66. The smallest absolute Gasteiger partial charge is 0.266 e. The van der Waals surface area contributed by atoms with Crippen molar-refractivity contribution in [3.63, 3.8) is 0 Å². The zero-order valence-corrected chi connectivity index (χ0v) is 27.5. The average Bonchev–Trinajstić information content (AvgIpc) is 3.49. The monoisotopic (exact) mass is 682 g/mol. The molecule has 0 N–H and O–H groups in total. The SMILES string of the molecule is O=C1/C(=C/c2ccc(OCCOc3ccc(/C=C4\SC(=S)N(Cc5ccncc5)C4=O)cc3)cc2)SC(=S)N1Cc1ccncc1. The molecule has 2 aromatic carbocycles. The van der Waals surface area contributed by atoms with Crippen LogP contribution >= 0.6 is 48.0 Å². The second kappa shape index (κ2) is 14.8. The average molecular weight is 683 g/mol. The first kappa shape index (κ1) is 31.6. The lowest BCUT2D eigenvalue weighted by Crippen LogP contribution is -2.27.